The van der Waals surface area contributed by atoms with E-state index < -0.39 is 0 Å². The summed E-state index contributed by atoms with van der Waals surface area (Å²) in [6.07, 6.45) is 4.06. The van der Waals surface area contributed by atoms with E-state index in [1.165, 1.54) is 0 Å². The Balaban J connectivity index is 1.10. The highest BCUT2D eigenvalue weighted by atomic mass is 16.5. The largest absolute Gasteiger partial charge is 0.376 e. The van der Waals surface area contributed by atoms with Gasteiger partial charge >= 0.3 is 0 Å². The van der Waals surface area contributed by atoms with Crippen LogP contribution in [-0.4, -0.2) is 81.0 Å². The maximum absolute atomic E-state index is 6.51. The van der Waals surface area contributed by atoms with Crippen molar-refractivity contribution >= 4 is 28.8 Å². The second-order valence-corrected chi connectivity index (χ2v) is 11.6. The van der Waals surface area contributed by atoms with Gasteiger partial charge in [-0.3, -0.25) is 5.10 Å². The highest BCUT2D eigenvalue weighted by Gasteiger charge is 2.48. The van der Waals surface area contributed by atoms with E-state index in [9.17, 15) is 0 Å². The molecule has 39 heavy (non-hydrogen) atoms. The first-order chi connectivity index (χ1) is 18.9. The van der Waals surface area contributed by atoms with E-state index >= 15 is 0 Å². The van der Waals surface area contributed by atoms with Gasteiger partial charge in [0.15, 0.2) is 11.6 Å². The topological polar surface area (TPSA) is 147 Å². The minimum absolute atomic E-state index is 0.0981. The van der Waals surface area contributed by atoms with Crippen LogP contribution in [0.4, 0.5) is 23.0 Å². The fourth-order valence-electron chi connectivity index (χ4n) is 6.33. The summed E-state index contributed by atoms with van der Waals surface area (Å²) in [5.74, 6) is 3.99. The molecular formula is C27H36N10O2. The molecule has 1 spiro atoms. The number of ether oxygens (including phenoxy) is 1. The molecule has 0 saturated carbocycles. The number of aryl methyl sites for hydroxylation is 1. The summed E-state index contributed by atoms with van der Waals surface area (Å²) >= 11 is 0. The Bertz CT molecular complexity index is 1400. The van der Waals surface area contributed by atoms with Crippen molar-refractivity contribution in [1.29, 1.82) is 0 Å². The molecule has 0 radical (unpaired) electrons. The van der Waals surface area contributed by atoms with Gasteiger partial charge in [0.25, 0.3) is 0 Å². The summed E-state index contributed by atoms with van der Waals surface area (Å²) in [7, 11) is 0. The molecule has 4 aliphatic rings. The van der Waals surface area contributed by atoms with Gasteiger partial charge < -0.3 is 30.1 Å². The number of nitrogens with two attached hydrogens (primary N) is 1. The maximum atomic E-state index is 6.51. The number of aromatic nitrogens is 5. The number of nitrogens with zero attached hydrogens (tertiary/aromatic N) is 7. The summed E-state index contributed by atoms with van der Waals surface area (Å²) in [5, 5.41) is 15.6. The Kier molecular flexibility index (Phi) is 5.85. The van der Waals surface area contributed by atoms with Gasteiger partial charge in [-0.1, -0.05) is 19.0 Å². The summed E-state index contributed by atoms with van der Waals surface area (Å²) < 4.78 is 11.3. The second kappa shape index (κ2) is 9.30. The van der Waals surface area contributed by atoms with Crippen molar-refractivity contribution in [3.8, 4) is 11.5 Å². The number of rotatable bonds is 3. The number of hydrogen-bond acceptors (Lipinski definition) is 11. The summed E-state index contributed by atoms with van der Waals surface area (Å²) in [4.78, 5) is 19.0. The number of nitrogens with one attached hydrogen (secondary N) is 2. The molecule has 0 amide bonds. The highest BCUT2D eigenvalue weighted by molar-refractivity contribution is 5.96. The fourth-order valence-corrected chi connectivity index (χ4v) is 6.33. The van der Waals surface area contributed by atoms with Gasteiger partial charge in [-0.2, -0.15) is 10.1 Å². The lowest BCUT2D eigenvalue weighted by atomic mass is 9.73. The van der Waals surface area contributed by atoms with Crippen LogP contribution in [0, 0.1) is 5.41 Å². The lowest BCUT2D eigenvalue weighted by Crippen LogP contribution is -2.52. The zero-order chi connectivity index (χ0) is 26.7. The van der Waals surface area contributed by atoms with Gasteiger partial charge in [-0.15, -0.1) is 0 Å². The highest BCUT2D eigenvalue weighted by Crippen LogP contribution is 2.43. The maximum Gasteiger partial charge on any atom is 0.229 e. The Morgan fingerprint density at radius 3 is 2.74 bits per heavy atom. The van der Waals surface area contributed by atoms with Gasteiger partial charge in [0, 0.05) is 37.0 Å². The molecule has 2 saturated heterocycles. The van der Waals surface area contributed by atoms with Gasteiger partial charge in [0.1, 0.15) is 17.2 Å². The minimum Gasteiger partial charge on any atom is -0.376 e. The lowest BCUT2D eigenvalue weighted by Gasteiger charge is -2.42. The molecule has 4 N–H and O–H groups in total. The number of aromatic amines is 1. The molecular weight excluding hydrogens is 496 g/mol. The zero-order valence-electron chi connectivity index (χ0n) is 22.8. The molecule has 12 nitrogen and oxygen atoms in total. The SMILES string of the molecule is CC(C)c1nc(-c2ccc3c(n2)CCCN3c2n[nH]c3c2NCC(N2CCC4(CC2)CO[C@@H](C)[C@H]4N)=N3)no1. The molecule has 7 heterocycles. The monoisotopic (exact) mass is 532 g/mol. The predicted octanol–water partition coefficient (Wildman–Crippen LogP) is 3.35. The molecule has 3 aromatic rings. The zero-order valence-corrected chi connectivity index (χ0v) is 22.8. The number of H-pyrrole nitrogens is 1. The molecule has 0 unspecified atom stereocenters. The Hall–Kier alpha value is -3.51. The number of pyridine rings is 1. The van der Waals surface area contributed by atoms with Crippen molar-refractivity contribution in [1.82, 2.24) is 30.2 Å². The Labute approximate surface area is 227 Å². The van der Waals surface area contributed by atoms with E-state index in [1.54, 1.807) is 0 Å². The third kappa shape index (κ3) is 4.08. The van der Waals surface area contributed by atoms with Crippen molar-refractivity contribution in [3.63, 3.8) is 0 Å². The van der Waals surface area contributed by atoms with Crippen LogP contribution in [0.5, 0.6) is 0 Å². The number of aliphatic imine (C=N–C) groups is 1. The Morgan fingerprint density at radius 1 is 1.15 bits per heavy atom. The normalized spacial score (nSPS) is 24.1. The van der Waals surface area contributed by atoms with Crippen molar-refractivity contribution in [2.75, 3.05) is 43.0 Å². The van der Waals surface area contributed by atoms with Gasteiger partial charge in [0.05, 0.1) is 30.6 Å². The minimum atomic E-state index is 0.0981. The first-order valence-corrected chi connectivity index (χ1v) is 14.1. The van der Waals surface area contributed by atoms with Crippen LogP contribution in [0.1, 0.15) is 57.5 Å². The van der Waals surface area contributed by atoms with Crippen LogP contribution in [0.15, 0.2) is 21.6 Å². The smallest absolute Gasteiger partial charge is 0.229 e. The lowest BCUT2D eigenvalue weighted by molar-refractivity contribution is 0.0838. The quantitative estimate of drug-likeness (QED) is 0.459. The summed E-state index contributed by atoms with van der Waals surface area (Å²) in [6, 6.07) is 4.15. The number of anilines is 3. The van der Waals surface area contributed by atoms with Crippen LogP contribution in [0.2, 0.25) is 0 Å². The standard InChI is InChI=1S/C27H36N10O2/c1-15(2)26-32-23(35-39-26)18-6-7-19-17(30-18)5-4-10-37(19)25-21-24(33-34-25)31-20(13-29-21)36-11-8-27(9-12-36)14-38-16(3)22(27)28/h6-7,15-16,22,29H,4-5,8-14,28H2,1-3H3,(H,33,34)/t16-,22+/m0/s1. The fraction of sp³-hybridized carbons (Fsp3) is 0.593. The number of hydrogen-bond donors (Lipinski definition) is 3. The van der Waals surface area contributed by atoms with E-state index in [2.05, 4.69) is 43.3 Å². The molecule has 2 atom stereocenters. The first-order valence-electron chi connectivity index (χ1n) is 14.1. The van der Waals surface area contributed by atoms with E-state index in [-0.39, 0.29) is 23.5 Å². The predicted molar refractivity (Wildman–Crippen MR) is 148 cm³/mol. The van der Waals surface area contributed by atoms with E-state index in [1.807, 2.05) is 19.9 Å². The molecule has 7 rings (SSSR count). The number of likely N-dealkylation sites (tertiary alicyclic amines) is 1. The molecule has 3 aromatic heterocycles. The first kappa shape index (κ1) is 24.5. The third-order valence-electron chi connectivity index (χ3n) is 8.82. The van der Waals surface area contributed by atoms with Crippen molar-refractivity contribution in [3.05, 3.63) is 23.7 Å². The van der Waals surface area contributed by atoms with Gasteiger partial charge in [-0.25, -0.2) is 9.98 Å². The van der Waals surface area contributed by atoms with Gasteiger partial charge in [-0.05, 0) is 44.7 Å². The van der Waals surface area contributed by atoms with E-state index in [0.29, 0.717) is 18.3 Å². The van der Waals surface area contributed by atoms with E-state index in [0.717, 1.165) is 92.2 Å². The van der Waals surface area contributed by atoms with E-state index in [4.69, 9.17) is 30.1 Å². The van der Waals surface area contributed by atoms with Crippen molar-refractivity contribution in [2.45, 2.75) is 64.5 Å². The van der Waals surface area contributed by atoms with Crippen LogP contribution >= 0.6 is 0 Å². The molecule has 4 aliphatic heterocycles. The summed E-state index contributed by atoms with van der Waals surface area (Å²) in [5.41, 5.74) is 10.3. The molecule has 0 aliphatic carbocycles. The number of fused-ring (bicyclic) bond motifs is 2. The van der Waals surface area contributed by atoms with Crippen molar-refractivity contribution < 1.29 is 9.26 Å². The second-order valence-electron chi connectivity index (χ2n) is 11.6. The summed E-state index contributed by atoms with van der Waals surface area (Å²) in [6.45, 7) is 10.3. The van der Waals surface area contributed by atoms with Crippen LogP contribution in [0.3, 0.4) is 0 Å². The average Bonchev–Trinajstić information content (AvgIpc) is 3.68. The third-order valence-corrected chi connectivity index (χ3v) is 8.82. The van der Waals surface area contributed by atoms with Crippen LogP contribution in [-0.2, 0) is 11.2 Å². The molecule has 12 heteroatoms. The Morgan fingerprint density at radius 2 is 2.00 bits per heavy atom. The molecule has 0 aromatic carbocycles. The molecule has 206 valence electrons. The number of amidine groups is 1. The van der Waals surface area contributed by atoms with Crippen molar-refractivity contribution in [2.24, 2.45) is 16.1 Å². The van der Waals surface area contributed by atoms with Crippen LogP contribution in [0.25, 0.3) is 11.5 Å². The van der Waals surface area contributed by atoms with Gasteiger partial charge in [0.2, 0.25) is 11.7 Å². The molecule has 2 fully saturated rings. The molecule has 0 bridgehead atoms. The average molecular weight is 533 g/mol. The number of piperidine rings is 1. The van der Waals surface area contributed by atoms with Crippen LogP contribution < -0.4 is 16.0 Å².